The number of carbonyl (C=O) groups excluding carboxylic acids is 1. The molecular weight excluding hydrogens is 592 g/mol. The minimum Gasteiger partial charge on any atom is -0.394 e. The van der Waals surface area contributed by atoms with E-state index in [1.54, 1.807) is 5.92 Å². The summed E-state index contributed by atoms with van der Waals surface area (Å²) in [6, 6.07) is -0.912. The molecule has 0 spiro atoms. The van der Waals surface area contributed by atoms with E-state index in [2.05, 4.69) is 13.4 Å². The first-order valence-corrected chi connectivity index (χ1v) is 14.0. The average Bonchev–Trinajstić information content (AvgIpc) is 3.14. The topological polar surface area (TPSA) is 306 Å². The van der Waals surface area contributed by atoms with Crippen molar-refractivity contribution in [3.8, 4) is 12.3 Å². The summed E-state index contributed by atoms with van der Waals surface area (Å²) < 4.78 is 49.2. The highest BCUT2D eigenvalue weighted by molar-refractivity contribution is 7.61. The number of aromatic amines is 1. The molecule has 40 heavy (non-hydrogen) atoms. The lowest BCUT2D eigenvalue weighted by atomic mass is 9.97. The number of aliphatic hydroxyl groups excluding tert-OH is 5. The molecule has 0 bridgehead atoms. The first-order valence-electron chi connectivity index (χ1n) is 11.0. The summed E-state index contributed by atoms with van der Waals surface area (Å²) in [7, 11) is -11.2. The maximum Gasteiger partial charge on any atom is 0.483 e. The maximum atomic E-state index is 12.5. The fraction of sp³-hybridized carbons (Fsp3) is 0.611. The van der Waals surface area contributed by atoms with Gasteiger partial charge in [0.15, 0.2) is 12.5 Å². The summed E-state index contributed by atoms with van der Waals surface area (Å²) >= 11 is 0. The normalized spacial score (nSPS) is 35.3. The molecule has 0 aliphatic carbocycles. The van der Waals surface area contributed by atoms with Crippen LogP contribution in [0.5, 0.6) is 0 Å². The molecular formula is C18H25N3O17P2. The van der Waals surface area contributed by atoms with Gasteiger partial charge in [-0.3, -0.25) is 28.2 Å². The largest absolute Gasteiger partial charge is 0.483 e. The second kappa shape index (κ2) is 12.7. The van der Waals surface area contributed by atoms with Crippen LogP contribution in [0.1, 0.15) is 6.23 Å². The number of hydrogen-bond donors (Lipinski definition) is 9. The van der Waals surface area contributed by atoms with Crippen molar-refractivity contribution in [3.63, 3.8) is 0 Å². The van der Waals surface area contributed by atoms with Crippen LogP contribution < -0.4 is 16.6 Å². The van der Waals surface area contributed by atoms with Gasteiger partial charge in [0.1, 0.15) is 42.7 Å². The Hall–Kier alpha value is -2.31. The zero-order valence-electron chi connectivity index (χ0n) is 19.9. The van der Waals surface area contributed by atoms with Crippen molar-refractivity contribution in [2.45, 2.75) is 55.2 Å². The molecule has 2 aliphatic heterocycles. The summed E-state index contributed by atoms with van der Waals surface area (Å²) in [5.41, 5.74) is -1.77. The predicted molar refractivity (Wildman–Crippen MR) is 124 cm³/mol. The lowest BCUT2D eigenvalue weighted by Gasteiger charge is -2.41. The molecule has 2 unspecified atom stereocenters. The van der Waals surface area contributed by atoms with E-state index < -0.39 is 101 Å². The number of nitrogens with one attached hydrogen (secondary N) is 2. The molecule has 1 aromatic rings. The fourth-order valence-electron chi connectivity index (χ4n) is 3.72. The van der Waals surface area contributed by atoms with Gasteiger partial charge < -0.3 is 50.1 Å². The lowest BCUT2D eigenvalue weighted by Crippen LogP contribution is -2.64. The molecule has 0 radical (unpaired) electrons. The highest BCUT2D eigenvalue weighted by Crippen LogP contribution is 2.61. The number of phosphoric acid groups is 2. The zero-order chi connectivity index (χ0) is 30.0. The third kappa shape index (κ3) is 7.50. The van der Waals surface area contributed by atoms with Gasteiger partial charge in [-0.1, -0.05) is 0 Å². The molecule has 1 aromatic heterocycles. The van der Waals surface area contributed by atoms with E-state index in [0.29, 0.717) is 4.57 Å². The van der Waals surface area contributed by atoms with Crippen molar-refractivity contribution in [1.29, 1.82) is 0 Å². The van der Waals surface area contributed by atoms with Crippen LogP contribution in [-0.2, 0) is 36.8 Å². The number of aromatic nitrogens is 2. The minimum absolute atomic E-state index is 0.713. The summed E-state index contributed by atoms with van der Waals surface area (Å²) in [5, 5.41) is 51.8. The number of rotatable bonds is 10. The van der Waals surface area contributed by atoms with Gasteiger partial charge in [-0.05, 0) is 5.92 Å². The zero-order valence-corrected chi connectivity index (χ0v) is 21.7. The summed E-state index contributed by atoms with van der Waals surface area (Å²) in [6.45, 7) is -1.99. The number of terminal acetylenes is 1. The van der Waals surface area contributed by atoms with E-state index in [0.717, 1.165) is 12.3 Å². The highest BCUT2D eigenvalue weighted by Gasteiger charge is 2.50. The van der Waals surface area contributed by atoms with E-state index in [-0.39, 0.29) is 0 Å². The number of amides is 1. The van der Waals surface area contributed by atoms with Crippen molar-refractivity contribution >= 4 is 21.6 Å². The first kappa shape index (κ1) is 32.2. The Kier molecular flexibility index (Phi) is 10.2. The van der Waals surface area contributed by atoms with Crippen LogP contribution in [0.3, 0.4) is 0 Å². The average molecular weight is 617 g/mol. The Morgan fingerprint density at radius 2 is 1.73 bits per heavy atom. The van der Waals surface area contributed by atoms with E-state index in [1.165, 1.54) is 0 Å². The molecule has 2 saturated heterocycles. The summed E-state index contributed by atoms with van der Waals surface area (Å²) in [5.74, 6) is 0.428. The number of H-pyrrole nitrogens is 1. The standard InChI is InChI=1S/C18H25N3O17P2/c1-2-9(23)19-11-14(27)12(25)7(5-22)36-17(11)37-40(32,33)38-39(30,31)34-6-8-13(26)15(28)16(35-8)21-4-3-10(24)20-18(21)29/h1,3-4,7-8,11-17,22,25-28H,5-6H2,(H,19,23)(H,30,31)(H,32,33)(H,20,24,29)/t7-,8-,11-,12+,13-,14-,15-,16-,17-/m1/s1. The Bertz CT molecular complexity index is 1330. The molecule has 2 aliphatic rings. The fourth-order valence-corrected chi connectivity index (χ4v) is 5.88. The monoisotopic (exact) mass is 617 g/mol. The van der Waals surface area contributed by atoms with E-state index in [4.69, 9.17) is 15.9 Å². The van der Waals surface area contributed by atoms with Gasteiger partial charge in [-0.25, -0.2) is 13.9 Å². The highest BCUT2D eigenvalue weighted by atomic mass is 31.3. The van der Waals surface area contributed by atoms with Crippen molar-refractivity contribution in [1.82, 2.24) is 14.9 Å². The molecule has 3 rings (SSSR count). The van der Waals surface area contributed by atoms with Crippen LogP contribution in [0, 0.1) is 12.3 Å². The molecule has 3 heterocycles. The van der Waals surface area contributed by atoms with Crippen LogP contribution in [0.2, 0.25) is 0 Å². The molecule has 22 heteroatoms. The third-order valence-electron chi connectivity index (χ3n) is 5.62. The van der Waals surface area contributed by atoms with Gasteiger partial charge in [0.25, 0.3) is 11.5 Å². The van der Waals surface area contributed by atoms with Crippen LogP contribution in [0.4, 0.5) is 0 Å². The Morgan fingerprint density at radius 1 is 1.07 bits per heavy atom. The Morgan fingerprint density at radius 3 is 2.33 bits per heavy atom. The van der Waals surface area contributed by atoms with Gasteiger partial charge in [-0.15, -0.1) is 6.42 Å². The number of aliphatic hydroxyl groups is 5. The summed E-state index contributed by atoms with van der Waals surface area (Å²) in [4.78, 5) is 56.6. The van der Waals surface area contributed by atoms with Crippen LogP contribution in [-0.4, -0.2) is 113 Å². The maximum absolute atomic E-state index is 12.5. The second-order valence-corrected chi connectivity index (χ2v) is 11.3. The van der Waals surface area contributed by atoms with Crippen molar-refractivity contribution < 1.29 is 72.1 Å². The van der Waals surface area contributed by atoms with Crippen molar-refractivity contribution in [2.24, 2.45) is 0 Å². The smallest absolute Gasteiger partial charge is 0.394 e. The number of carbonyl (C=O) groups is 1. The van der Waals surface area contributed by atoms with Crippen LogP contribution >= 0.6 is 15.6 Å². The van der Waals surface area contributed by atoms with Crippen LogP contribution in [0.25, 0.3) is 0 Å². The second-order valence-electron chi connectivity index (χ2n) is 8.33. The van der Waals surface area contributed by atoms with Gasteiger partial charge in [0.2, 0.25) is 0 Å². The quantitative estimate of drug-likeness (QED) is 0.0876. The molecule has 20 nitrogen and oxygen atoms in total. The molecule has 11 atom stereocenters. The number of ether oxygens (including phenoxy) is 2. The molecule has 9 N–H and O–H groups in total. The number of nitrogens with zero attached hydrogens (tertiary/aromatic N) is 1. The van der Waals surface area contributed by atoms with E-state index >= 15 is 0 Å². The molecule has 2 fully saturated rings. The van der Waals surface area contributed by atoms with Gasteiger partial charge >= 0.3 is 21.3 Å². The third-order valence-corrected chi connectivity index (χ3v) is 8.22. The summed E-state index contributed by atoms with van der Waals surface area (Å²) in [6.07, 6.45) is -8.49. The number of hydrogen-bond acceptors (Lipinski definition) is 15. The van der Waals surface area contributed by atoms with Crippen molar-refractivity contribution in [3.05, 3.63) is 33.1 Å². The first-order chi connectivity index (χ1) is 18.6. The molecule has 0 aromatic carbocycles. The lowest BCUT2D eigenvalue weighted by molar-refractivity contribution is -0.247. The predicted octanol–water partition coefficient (Wildman–Crippen LogP) is -5.04. The molecule has 224 valence electrons. The minimum atomic E-state index is -5.69. The SMILES string of the molecule is C#CC(=O)N[C@H]1[C@@H](OP(=O)(O)OP(=O)(O)OC[C@H]2O[C@@H](n3ccc(=O)[nH]c3=O)[C@H](O)[C@@H]2O)O[C@H](CO)[C@H](O)[C@@H]1O. The van der Waals surface area contributed by atoms with E-state index in [9.17, 15) is 58.8 Å². The van der Waals surface area contributed by atoms with Gasteiger partial charge in [0.05, 0.1) is 13.2 Å². The molecule has 0 saturated carbocycles. The number of phosphoric ester groups is 2. The van der Waals surface area contributed by atoms with Gasteiger partial charge in [0, 0.05) is 12.3 Å². The van der Waals surface area contributed by atoms with Gasteiger partial charge in [-0.2, -0.15) is 4.31 Å². The Labute approximate surface area is 222 Å². The molecule has 1 amide bonds. The van der Waals surface area contributed by atoms with E-state index in [1.807, 2.05) is 10.3 Å². The van der Waals surface area contributed by atoms with Crippen molar-refractivity contribution in [2.75, 3.05) is 13.2 Å². The Balaban J connectivity index is 1.67. The van der Waals surface area contributed by atoms with Crippen LogP contribution in [0.15, 0.2) is 21.9 Å².